The molecule has 106 valence electrons. The number of hydrogen-bond acceptors (Lipinski definition) is 3. The lowest BCUT2D eigenvalue weighted by Gasteiger charge is -2.28. The van der Waals surface area contributed by atoms with E-state index in [1.807, 2.05) is 20.8 Å². The Morgan fingerprint density at radius 3 is 2.67 bits per heavy atom. The summed E-state index contributed by atoms with van der Waals surface area (Å²) in [5.74, 6) is 0.103. The lowest BCUT2D eigenvalue weighted by molar-refractivity contribution is -0.126. The first-order valence-corrected chi connectivity index (χ1v) is 7.12. The van der Waals surface area contributed by atoms with E-state index in [0.717, 1.165) is 38.8 Å². The first-order chi connectivity index (χ1) is 8.35. The Morgan fingerprint density at radius 1 is 1.39 bits per heavy atom. The highest BCUT2D eigenvalue weighted by molar-refractivity contribution is 5.81. The summed E-state index contributed by atoms with van der Waals surface area (Å²) in [6, 6.07) is 0.128. The van der Waals surface area contributed by atoms with E-state index in [1.54, 1.807) is 0 Å². The van der Waals surface area contributed by atoms with Crippen molar-refractivity contribution in [2.24, 2.45) is 0 Å². The largest absolute Gasteiger partial charge is 0.390 e. The highest BCUT2D eigenvalue weighted by atomic mass is 16.3. The third kappa shape index (κ3) is 4.58. The van der Waals surface area contributed by atoms with Gasteiger partial charge in [0.2, 0.25) is 5.91 Å². The topological polar surface area (TPSA) is 52.6 Å². The number of amides is 1. The van der Waals surface area contributed by atoms with Crippen molar-refractivity contribution in [3.63, 3.8) is 0 Å². The highest BCUT2D eigenvalue weighted by Gasteiger charge is 2.29. The maximum absolute atomic E-state index is 12.1. The van der Waals surface area contributed by atoms with Gasteiger partial charge in [-0.1, -0.05) is 6.92 Å². The molecule has 1 aliphatic heterocycles. The van der Waals surface area contributed by atoms with Crippen LogP contribution in [0.25, 0.3) is 0 Å². The van der Waals surface area contributed by atoms with Crippen molar-refractivity contribution in [3.8, 4) is 0 Å². The molecular formula is C14H28N2O2. The van der Waals surface area contributed by atoms with Crippen LogP contribution in [0.4, 0.5) is 0 Å². The molecule has 0 bridgehead atoms. The van der Waals surface area contributed by atoms with Crippen LogP contribution < -0.4 is 5.32 Å². The second-order valence-corrected chi connectivity index (χ2v) is 5.88. The van der Waals surface area contributed by atoms with E-state index in [4.69, 9.17) is 0 Å². The molecule has 4 nitrogen and oxygen atoms in total. The predicted octanol–water partition coefficient (Wildman–Crippen LogP) is 1.53. The van der Waals surface area contributed by atoms with E-state index in [9.17, 15) is 9.90 Å². The van der Waals surface area contributed by atoms with Crippen molar-refractivity contribution in [1.29, 1.82) is 0 Å². The third-order valence-electron chi connectivity index (χ3n) is 4.03. The molecule has 0 aromatic carbocycles. The summed E-state index contributed by atoms with van der Waals surface area (Å²) >= 11 is 0. The summed E-state index contributed by atoms with van der Waals surface area (Å²) < 4.78 is 0. The van der Waals surface area contributed by atoms with E-state index >= 15 is 0 Å². The molecule has 1 saturated heterocycles. The predicted molar refractivity (Wildman–Crippen MR) is 73.4 cm³/mol. The van der Waals surface area contributed by atoms with Gasteiger partial charge in [-0.25, -0.2) is 0 Å². The first kappa shape index (κ1) is 15.4. The van der Waals surface area contributed by atoms with Gasteiger partial charge in [0, 0.05) is 12.6 Å². The molecule has 0 spiro atoms. The van der Waals surface area contributed by atoms with Crippen molar-refractivity contribution < 1.29 is 9.90 Å². The Bertz CT molecular complexity index is 279. The summed E-state index contributed by atoms with van der Waals surface area (Å²) in [6.45, 7) is 9.63. The van der Waals surface area contributed by atoms with Gasteiger partial charge < -0.3 is 10.4 Å². The maximum Gasteiger partial charge on any atom is 0.237 e. The molecular weight excluding hydrogens is 228 g/mol. The Labute approximate surface area is 111 Å². The van der Waals surface area contributed by atoms with Gasteiger partial charge in [-0.05, 0) is 53.0 Å². The molecule has 1 amide bonds. The van der Waals surface area contributed by atoms with Crippen LogP contribution in [-0.4, -0.2) is 46.7 Å². The van der Waals surface area contributed by atoms with Gasteiger partial charge in [-0.2, -0.15) is 0 Å². The molecule has 3 unspecified atom stereocenters. The normalized spacial score (nSPS) is 29.4. The van der Waals surface area contributed by atoms with Crippen molar-refractivity contribution in [3.05, 3.63) is 0 Å². The molecule has 4 heteroatoms. The van der Waals surface area contributed by atoms with Crippen molar-refractivity contribution in [2.45, 2.75) is 71.1 Å². The average Bonchev–Trinajstić information content (AvgIpc) is 2.49. The number of aliphatic hydroxyl groups is 1. The smallest absolute Gasteiger partial charge is 0.237 e. The molecule has 2 N–H and O–H groups in total. The van der Waals surface area contributed by atoms with Gasteiger partial charge in [0.05, 0.1) is 11.6 Å². The summed E-state index contributed by atoms with van der Waals surface area (Å²) in [7, 11) is 0. The van der Waals surface area contributed by atoms with Crippen LogP contribution in [0.1, 0.15) is 53.4 Å². The summed E-state index contributed by atoms with van der Waals surface area (Å²) in [5.41, 5.74) is -0.568. The zero-order chi connectivity index (χ0) is 13.8. The van der Waals surface area contributed by atoms with E-state index in [0.29, 0.717) is 0 Å². The zero-order valence-corrected chi connectivity index (χ0v) is 12.2. The monoisotopic (exact) mass is 256 g/mol. The van der Waals surface area contributed by atoms with Gasteiger partial charge in [-0.15, -0.1) is 0 Å². The number of hydrogen-bond donors (Lipinski definition) is 2. The molecule has 1 aliphatic rings. The molecule has 0 saturated carbocycles. The fourth-order valence-electron chi connectivity index (χ4n) is 2.30. The minimum absolute atomic E-state index is 0.103. The number of carbonyl (C=O) groups excluding carboxylic acids is 1. The van der Waals surface area contributed by atoms with Crippen molar-refractivity contribution in [2.75, 3.05) is 13.1 Å². The van der Waals surface area contributed by atoms with Crippen LogP contribution >= 0.6 is 0 Å². The fourth-order valence-corrected chi connectivity index (χ4v) is 2.30. The van der Waals surface area contributed by atoms with E-state index < -0.39 is 5.60 Å². The molecule has 1 heterocycles. The number of nitrogens with one attached hydrogen (secondary N) is 1. The first-order valence-electron chi connectivity index (χ1n) is 7.12. The number of rotatable bonds is 4. The SMILES string of the molecule is CCC(C)NC(=O)C(C)N1CCCC(C)(O)CC1. The second-order valence-electron chi connectivity index (χ2n) is 5.88. The van der Waals surface area contributed by atoms with Crippen molar-refractivity contribution in [1.82, 2.24) is 10.2 Å². The second kappa shape index (κ2) is 6.53. The standard InChI is InChI=1S/C14H28N2O2/c1-5-11(2)15-13(17)12(3)16-9-6-7-14(4,18)8-10-16/h11-12,18H,5-10H2,1-4H3,(H,15,17). The molecule has 0 aromatic heterocycles. The molecule has 1 fully saturated rings. The molecule has 1 rings (SSSR count). The fraction of sp³-hybridized carbons (Fsp3) is 0.929. The van der Waals surface area contributed by atoms with E-state index in [1.165, 1.54) is 0 Å². The number of likely N-dealkylation sites (tertiary alicyclic amines) is 1. The number of carbonyl (C=O) groups is 1. The average molecular weight is 256 g/mol. The minimum atomic E-state index is -0.568. The van der Waals surface area contributed by atoms with E-state index in [2.05, 4.69) is 17.1 Å². The van der Waals surface area contributed by atoms with Gasteiger partial charge >= 0.3 is 0 Å². The third-order valence-corrected chi connectivity index (χ3v) is 4.03. The van der Waals surface area contributed by atoms with Gasteiger partial charge in [0.15, 0.2) is 0 Å². The van der Waals surface area contributed by atoms with Gasteiger partial charge in [0.25, 0.3) is 0 Å². The van der Waals surface area contributed by atoms with Crippen LogP contribution in [0.3, 0.4) is 0 Å². The molecule has 18 heavy (non-hydrogen) atoms. The summed E-state index contributed by atoms with van der Waals surface area (Å²) in [5, 5.41) is 13.1. The molecule has 0 radical (unpaired) electrons. The Kier molecular flexibility index (Phi) is 5.60. The van der Waals surface area contributed by atoms with Gasteiger partial charge in [-0.3, -0.25) is 9.69 Å². The Hall–Kier alpha value is -0.610. The number of nitrogens with zero attached hydrogens (tertiary/aromatic N) is 1. The molecule has 0 aliphatic carbocycles. The van der Waals surface area contributed by atoms with Crippen LogP contribution in [0.2, 0.25) is 0 Å². The zero-order valence-electron chi connectivity index (χ0n) is 12.2. The lowest BCUT2D eigenvalue weighted by Crippen LogP contribution is -2.48. The molecule has 3 atom stereocenters. The van der Waals surface area contributed by atoms with Crippen LogP contribution in [0, 0.1) is 0 Å². The summed E-state index contributed by atoms with van der Waals surface area (Å²) in [4.78, 5) is 14.2. The summed E-state index contributed by atoms with van der Waals surface area (Å²) in [6.07, 6.45) is 3.47. The van der Waals surface area contributed by atoms with Crippen LogP contribution in [0.15, 0.2) is 0 Å². The van der Waals surface area contributed by atoms with Gasteiger partial charge in [0.1, 0.15) is 0 Å². The van der Waals surface area contributed by atoms with Crippen molar-refractivity contribution >= 4 is 5.91 Å². The van der Waals surface area contributed by atoms with E-state index in [-0.39, 0.29) is 18.0 Å². The van der Waals surface area contributed by atoms with Crippen LogP contribution in [-0.2, 0) is 4.79 Å². The Balaban J connectivity index is 2.50. The minimum Gasteiger partial charge on any atom is -0.390 e. The maximum atomic E-state index is 12.1. The highest BCUT2D eigenvalue weighted by Crippen LogP contribution is 2.22. The molecule has 0 aromatic rings. The Morgan fingerprint density at radius 2 is 2.06 bits per heavy atom. The van der Waals surface area contributed by atoms with Crippen LogP contribution in [0.5, 0.6) is 0 Å². The lowest BCUT2D eigenvalue weighted by atomic mass is 9.98. The quantitative estimate of drug-likeness (QED) is 0.802.